The summed E-state index contributed by atoms with van der Waals surface area (Å²) in [5.74, 6) is -0.506. The standard InChI is InChI=1S/C16H27NO5/c1-16(2,3)22-15(19)17-13(14(18)20-4)10-11-21-12-8-6-5-7-9-12/h6,8,12-13H,5,7,9-11H2,1-4H3,(H,17,19). The van der Waals surface area contributed by atoms with Gasteiger partial charge in [-0.05, 0) is 40.0 Å². The lowest BCUT2D eigenvalue weighted by Gasteiger charge is -2.23. The van der Waals surface area contributed by atoms with Gasteiger partial charge in [-0.1, -0.05) is 12.2 Å². The summed E-state index contributed by atoms with van der Waals surface area (Å²) in [6, 6.07) is -0.771. The Labute approximate surface area is 132 Å². The molecule has 0 saturated heterocycles. The van der Waals surface area contributed by atoms with Gasteiger partial charge in [-0.3, -0.25) is 0 Å². The van der Waals surface area contributed by atoms with Gasteiger partial charge < -0.3 is 19.5 Å². The molecule has 22 heavy (non-hydrogen) atoms. The van der Waals surface area contributed by atoms with E-state index in [9.17, 15) is 9.59 Å². The SMILES string of the molecule is COC(=O)C(CCOC1C=CCCC1)NC(=O)OC(C)(C)C. The lowest BCUT2D eigenvalue weighted by molar-refractivity contribution is -0.143. The number of methoxy groups -OCH3 is 1. The summed E-state index contributed by atoms with van der Waals surface area (Å²) in [4.78, 5) is 23.5. The van der Waals surface area contributed by atoms with Crippen molar-refractivity contribution in [1.29, 1.82) is 0 Å². The van der Waals surface area contributed by atoms with E-state index in [-0.39, 0.29) is 6.10 Å². The van der Waals surface area contributed by atoms with Crippen LogP contribution in [0.2, 0.25) is 0 Å². The van der Waals surface area contributed by atoms with Crippen molar-refractivity contribution >= 4 is 12.1 Å². The zero-order valence-electron chi connectivity index (χ0n) is 13.9. The summed E-state index contributed by atoms with van der Waals surface area (Å²) in [7, 11) is 1.29. The molecular formula is C16H27NO5. The maximum Gasteiger partial charge on any atom is 0.408 e. The average molecular weight is 313 g/mol. The highest BCUT2D eigenvalue weighted by Crippen LogP contribution is 2.14. The molecule has 0 aromatic heterocycles. The van der Waals surface area contributed by atoms with Crippen LogP contribution in [0.5, 0.6) is 0 Å². The third kappa shape index (κ3) is 7.45. The molecule has 0 saturated carbocycles. The number of carbonyl (C=O) groups is 2. The summed E-state index contributed by atoms with van der Waals surface area (Å²) < 4.78 is 15.6. The van der Waals surface area contributed by atoms with Gasteiger partial charge in [0, 0.05) is 13.0 Å². The summed E-state index contributed by atoms with van der Waals surface area (Å²) in [5.41, 5.74) is -0.617. The van der Waals surface area contributed by atoms with Crippen LogP contribution in [0.25, 0.3) is 0 Å². The maximum atomic E-state index is 11.8. The molecule has 1 N–H and O–H groups in total. The zero-order valence-corrected chi connectivity index (χ0v) is 13.9. The van der Waals surface area contributed by atoms with Crippen molar-refractivity contribution in [3.8, 4) is 0 Å². The molecule has 0 radical (unpaired) electrons. The summed E-state index contributed by atoms with van der Waals surface area (Å²) in [6.45, 7) is 5.65. The molecule has 6 nitrogen and oxygen atoms in total. The van der Waals surface area contributed by atoms with E-state index in [1.54, 1.807) is 20.8 Å². The molecule has 1 rings (SSSR count). The second kappa shape index (κ2) is 8.78. The Hall–Kier alpha value is -1.56. The minimum atomic E-state index is -0.771. The van der Waals surface area contributed by atoms with Crippen molar-refractivity contribution in [3.05, 3.63) is 12.2 Å². The first-order valence-electron chi connectivity index (χ1n) is 7.67. The molecule has 1 amide bonds. The number of carbonyl (C=O) groups excluding carboxylic acids is 2. The average Bonchev–Trinajstić information content (AvgIpc) is 2.44. The minimum Gasteiger partial charge on any atom is -0.467 e. The smallest absolute Gasteiger partial charge is 0.408 e. The Morgan fingerprint density at radius 3 is 2.64 bits per heavy atom. The van der Waals surface area contributed by atoms with Crippen LogP contribution in [-0.4, -0.2) is 43.5 Å². The quantitative estimate of drug-likeness (QED) is 0.602. The number of ether oxygens (including phenoxy) is 3. The number of allylic oxidation sites excluding steroid dienone is 1. The van der Waals surface area contributed by atoms with Crippen LogP contribution in [-0.2, 0) is 19.0 Å². The molecule has 1 aliphatic carbocycles. The number of hydrogen-bond acceptors (Lipinski definition) is 5. The molecule has 1 aliphatic rings. The Balaban J connectivity index is 2.43. The topological polar surface area (TPSA) is 73.9 Å². The number of alkyl carbamates (subject to hydrolysis) is 1. The van der Waals surface area contributed by atoms with Crippen LogP contribution < -0.4 is 5.32 Å². The molecule has 0 heterocycles. The zero-order chi connectivity index (χ0) is 16.6. The summed E-state index contributed by atoms with van der Waals surface area (Å²) >= 11 is 0. The Kier molecular flexibility index (Phi) is 7.38. The number of nitrogens with one attached hydrogen (secondary N) is 1. The third-order valence-corrected chi connectivity index (χ3v) is 3.13. The number of hydrogen-bond donors (Lipinski definition) is 1. The summed E-state index contributed by atoms with van der Waals surface area (Å²) in [5, 5.41) is 2.53. The minimum absolute atomic E-state index is 0.0913. The Morgan fingerprint density at radius 1 is 1.36 bits per heavy atom. The lowest BCUT2D eigenvalue weighted by Crippen LogP contribution is -2.44. The van der Waals surface area contributed by atoms with Gasteiger partial charge in [0.15, 0.2) is 0 Å². The molecule has 2 atom stereocenters. The van der Waals surface area contributed by atoms with E-state index in [0.29, 0.717) is 13.0 Å². The van der Waals surface area contributed by atoms with Crippen molar-refractivity contribution < 1.29 is 23.8 Å². The molecule has 0 bridgehead atoms. The van der Waals surface area contributed by atoms with Crippen LogP contribution in [0.4, 0.5) is 4.79 Å². The van der Waals surface area contributed by atoms with Crippen LogP contribution >= 0.6 is 0 Å². The van der Waals surface area contributed by atoms with Gasteiger partial charge >= 0.3 is 12.1 Å². The maximum absolute atomic E-state index is 11.8. The van der Waals surface area contributed by atoms with E-state index in [1.165, 1.54) is 7.11 Å². The number of rotatable bonds is 6. The molecular weight excluding hydrogens is 286 g/mol. The second-order valence-corrected chi connectivity index (χ2v) is 6.28. The molecule has 2 unspecified atom stereocenters. The first-order chi connectivity index (χ1) is 10.3. The molecule has 0 aromatic rings. The van der Waals surface area contributed by atoms with Crippen molar-refractivity contribution in [2.45, 2.75) is 64.2 Å². The molecule has 0 fully saturated rings. The lowest BCUT2D eigenvalue weighted by atomic mass is 10.1. The number of esters is 1. The van der Waals surface area contributed by atoms with Crippen LogP contribution in [0.3, 0.4) is 0 Å². The predicted molar refractivity (Wildman–Crippen MR) is 82.5 cm³/mol. The van der Waals surface area contributed by atoms with Gasteiger partial charge in [0.25, 0.3) is 0 Å². The van der Waals surface area contributed by atoms with Crippen LogP contribution in [0.15, 0.2) is 12.2 Å². The van der Waals surface area contributed by atoms with Gasteiger partial charge in [-0.2, -0.15) is 0 Å². The highest BCUT2D eigenvalue weighted by atomic mass is 16.6. The summed E-state index contributed by atoms with van der Waals surface area (Å²) in [6.07, 6.45) is 7.12. The van der Waals surface area contributed by atoms with Crippen molar-refractivity contribution in [3.63, 3.8) is 0 Å². The van der Waals surface area contributed by atoms with Crippen molar-refractivity contribution in [1.82, 2.24) is 5.32 Å². The van der Waals surface area contributed by atoms with E-state index in [2.05, 4.69) is 11.4 Å². The van der Waals surface area contributed by atoms with E-state index < -0.39 is 23.7 Å². The predicted octanol–water partition coefficient (Wildman–Crippen LogP) is 2.57. The van der Waals surface area contributed by atoms with Gasteiger partial charge in [-0.15, -0.1) is 0 Å². The fraction of sp³-hybridized carbons (Fsp3) is 0.750. The van der Waals surface area contributed by atoms with E-state index in [1.807, 2.05) is 6.08 Å². The molecule has 0 spiro atoms. The molecule has 0 aromatic carbocycles. The van der Waals surface area contributed by atoms with Gasteiger partial charge in [0.1, 0.15) is 11.6 Å². The Morgan fingerprint density at radius 2 is 2.09 bits per heavy atom. The highest BCUT2D eigenvalue weighted by Gasteiger charge is 2.25. The Bertz CT molecular complexity index is 400. The third-order valence-electron chi connectivity index (χ3n) is 3.13. The largest absolute Gasteiger partial charge is 0.467 e. The first kappa shape index (κ1) is 18.5. The van der Waals surface area contributed by atoms with Gasteiger partial charge in [0.2, 0.25) is 0 Å². The second-order valence-electron chi connectivity index (χ2n) is 6.28. The van der Waals surface area contributed by atoms with Gasteiger partial charge in [-0.25, -0.2) is 9.59 Å². The van der Waals surface area contributed by atoms with Crippen molar-refractivity contribution in [2.75, 3.05) is 13.7 Å². The monoisotopic (exact) mass is 313 g/mol. The number of amides is 1. The van der Waals surface area contributed by atoms with Crippen LogP contribution in [0.1, 0.15) is 46.5 Å². The van der Waals surface area contributed by atoms with Crippen molar-refractivity contribution in [2.24, 2.45) is 0 Å². The molecule has 6 heteroatoms. The normalized spacial score (nSPS) is 19.4. The van der Waals surface area contributed by atoms with E-state index in [4.69, 9.17) is 14.2 Å². The molecule has 0 aliphatic heterocycles. The fourth-order valence-corrected chi connectivity index (χ4v) is 2.10. The fourth-order valence-electron chi connectivity index (χ4n) is 2.10. The first-order valence-corrected chi connectivity index (χ1v) is 7.67. The van der Waals surface area contributed by atoms with Crippen LogP contribution in [0, 0.1) is 0 Å². The highest BCUT2D eigenvalue weighted by molar-refractivity contribution is 5.81. The van der Waals surface area contributed by atoms with Gasteiger partial charge in [0.05, 0.1) is 13.2 Å². The molecule has 126 valence electrons. The van der Waals surface area contributed by atoms with E-state index in [0.717, 1.165) is 19.3 Å². The van der Waals surface area contributed by atoms with E-state index >= 15 is 0 Å².